The van der Waals surface area contributed by atoms with Gasteiger partial charge in [-0.25, -0.2) is 0 Å². The number of amides is 1. The summed E-state index contributed by atoms with van der Waals surface area (Å²) >= 11 is 0. The van der Waals surface area contributed by atoms with Gasteiger partial charge in [0.2, 0.25) is 5.91 Å². The molecule has 0 spiro atoms. The quantitative estimate of drug-likeness (QED) is 0.729. The molecule has 0 fully saturated rings. The van der Waals surface area contributed by atoms with E-state index in [1.165, 1.54) is 0 Å². The highest BCUT2D eigenvalue weighted by Gasteiger charge is 2.16. The highest BCUT2D eigenvalue weighted by Crippen LogP contribution is 2.19. The standard InChI is InChI=1S/C18H18N4O2/c1-13-11-16(22-24-13)21-17(23)12-20-18(14-7-3-2-4-8-14)15-9-5-6-10-19-15/h2-11,18,20H,12H2,1H3,(H,21,22,23)/t18-/m1/s1. The first-order valence-electron chi connectivity index (χ1n) is 7.65. The van der Waals surface area contributed by atoms with Gasteiger partial charge in [-0.1, -0.05) is 41.6 Å². The second kappa shape index (κ2) is 7.52. The van der Waals surface area contributed by atoms with Crippen molar-refractivity contribution < 1.29 is 9.32 Å². The molecular weight excluding hydrogens is 304 g/mol. The zero-order valence-electron chi connectivity index (χ0n) is 13.3. The summed E-state index contributed by atoms with van der Waals surface area (Å²) in [4.78, 5) is 16.5. The maximum atomic E-state index is 12.1. The first-order chi connectivity index (χ1) is 11.7. The third kappa shape index (κ3) is 4.05. The fourth-order valence-corrected chi connectivity index (χ4v) is 2.39. The number of rotatable bonds is 6. The summed E-state index contributed by atoms with van der Waals surface area (Å²) in [7, 11) is 0. The van der Waals surface area contributed by atoms with Gasteiger partial charge >= 0.3 is 0 Å². The molecule has 3 rings (SSSR count). The number of carbonyl (C=O) groups excluding carboxylic acids is 1. The Labute approximate surface area is 139 Å². The second-order valence-corrected chi connectivity index (χ2v) is 5.35. The molecule has 3 aromatic rings. The maximum Gasteiger partial charge on any atom is 0.239 e. The van der Waals surface area contributed by atoms with Crippen LogP contribution in [0.1, 0.15) is 23.1 Å². The summed E-state index contributed by atoms with van der Waals surface area (Å²) in [5.74, 6) is 0.863. The summed E-state index contributed by atoms with van der Waals surface area (Å²) in [5, 5.41) is 9.69. The first-order valence-corrected chi connectivity index (χ1v) is 7.65. The highest BCUT2D eigenvalue weighted by atomic mass is 16.5. The minimum atomic E-state index is -0.194. The predicted octanol–water partition coefficient (Wildman–Crippen LogP) is 2.70. The number of pyridine rings is 1. The van der Waals surface area contributed by atoms with E-state index >= 15 is 0 Å². The SMILES string of the molecule is Cc1cc(NC(=O)CN[C@H](c2ccccc2)c2ccccn2)no1. The van der Waals surface area contributed by atoms with E-state index in [0.29, 0.717) is 11.6 Å². The van der Waals surface area contributed by atoms with E-state index < -0.39 is 0 Å². The Kier molecular flexibility index (Phi) is 4.98. The molecule has 0 saturated carbocycles. The Bertz CT molecular complexity index is 748. The molecule has 6 nitrogen and oxygen atoms in total. The molecule has 2 heterocycles. The van der Waals surface area contributed by atoms with Crippen molar-refractivity contribution in [3.05, 3.63) is 77.8 Å². The van der Waals surface area contributed by atoms with Crippen LogP contribution in [0.3, 0.4) is 0 Å². The van der Waals surface area contributed by atoms with Crippen molar-refractivity contribution in [3.63, 3.8) is 0 Å². The molecule has 1 aromatic carbocycles. The lowest BCUT2D eigenvalue weighted by molar-refractivity contribution is -0.115. The molecule has 0 bridgehead atoms. The average molecular weight is 322 g/mol. The van der Waals surface area contributed by atoms with Gasteiger partial charge in [-0.2, -0.15) is 0 Å². The lowest BCUT2D eigenvalue weighted by Gasteiger charge is -2.18. The Morgan fingerprint density at radius 3 is 2.62 bits per heavy atom. The third-order valence-electron chi connectivity index (χ3n) is 3.48. The van der Waals surface area contributed by atoms with Gasteiger partial charge in [-0.15, -0.1) is 0 Å². The first kappa shape index (κ1) is 15.9. The molecule has 0 radical (unpaired) electrons. The van der Waals surface area contributed by atoms with Crippen molar-refractivity contribution in [2.75, 3.05) is 11.9 Å². The van der Waals surface area contributed by atoms with Crippen LogP contribution < -0.4 is 10.6 Å². The van der Waals surface area contributed by atoms with E-state index in [1.54, 1.807) is 19.2 Å². The van der Waals surface area contributed by atoms with E-state index in [2.05, 4.69) is 20.8 Å². The number of aromatic nitrogens is 2. The Morgan fingerprint density at radius 2 is 1.96 bits per heavy atom. The van der Waals surface area contributed by atoms with Gasteiger partial charge in [-0.3, -0.25) is 15.1 Å². The Hall–Kier alpha value is -2.99. The summed E-state index contributed by atoms with van der Waals surface area (Å²) in [5.41, 5.74) is 1.90. The lowest BCUT2D eigenvalue weighted by atomic mass is 10.0. The monoisotopic (exact) mass is 322 g/mol. The van der Waals surface area contributed by atoms with Gasteiger partial charge in [0.15, 0.2) is 5.82 Å². The smallest absolute Gasteiger partial charge is 0.239 e. The summed E-state index contributed by atoms with van der Waals surface area (Å²) in [6.07, 6.45) is 1.74. The number of benzene rings is 1. The molecule has 6 heteroatoms. The van der Waals surface area contributed by atoms with E-state index in [9.17, 15) is 4.79 Å². The fourth-order valence-electron chi connectivity index (χ4n) is 2.39. The Morgan fingerprint density at radius 1 is 1.17 bits per heavy atom. The zero-order valence-corrected chi connectivity index (χ0v) is 13.3. The van der Waals surface area contributed by atoms with Gasteiger partial charge < -0.3 is 9.84 Å². The molecule has 0 aliphatic carbocycles. The van der Waals surface area contributed by atoms with Crippen LogP contribution in [0.25, 0.3) is 0 Å². The van der Waals surface area contributed by atoms with Crippen LogP contribution in [0.15, 0.2) is 65.3 Å². The molecule has 0 aliphatic rings. The topological polar surface area (TPSA) is 80.0 Å². The maximum absolute atomic E-state index is 12.1. The van der Waals surface area contributed by atoms with Gasteiger partial charge in [0, 0.05) is 12.3 Å². The van der Waals surface area contributed by atoms with E-state index in [1.807, 2.05) is 48.5 Å². The van der Waals surface area contributed by atoms with Crippen LogP contribution in [0, 0.1) is 6.92 Å². The molecule has 1 atom stereocenters. The van der Waals surface area contributed by atoms with Crippen molar-refractivity contribution in [1.29, 1.82) is 0 Å². The molecule has 122 valence electrons. The fraction of sp³-hybridized carbons (Fsp3) is 0.167. The van der Waals surface area contributed by atoms with Gasteiger partial charge in [0.25, 0.3) is 0 Å². The van der Waals surface area contributed by atoms with Crippen LogP contribution in [0.5, 0.6) is 0 Å². The van der Waals surface area contributed by atoms with Crippen LogP contribution in [0.2, 0.25) is 0 Å². The molecular formula is C18H18N4O2. The van der Waals surface area contributed by atoms with Crippen LogP contribution >= 0.6 is 0 Å². The second-order valence-electron chi connectivity index (χ2n) is 5.35. The summed E-state index contributed by atoms with van der Waals surface area (Å²) in [6.45, 7) is 1.90. The van der Waals surface area contributed by atoms with E-state index in [0.717, 1.165) is 11.3 Å². The number of anilines is 1. The van der Waals surface area contributed by atoms with Gasteiger partial charge in [0.05, 0.1) is 18.3 Å². The van der Waals surface area contributed by atoms with Crippen LogP contribution in [-0.2, 0) is 4.79 Å². The number of carbonyl (C=O) groups is 1. The molecule has 2 N–H and O–H groups in total. The van der Waals surface area contributed by atoms with Gasteiger partial charge in [-0.05, 0) is 24.6 Å². The molecule has 24 heavy (non-hydrogen) atoms. The Balaban J connectivity index is 1.69. The number of nitrogens with one attached hydrogen (secondary N) is 2. The van der Waals surface area contributed by atoms with Crippen LogP contribution in [0.4, 0.5) is 5.82 Å². The summed E-state index contributed by atoms with van der Waals surface area (Å²) in [6, 6.07) is 17.1. The van der Waals surface area contributed by atoms with Crippen LogP contribution in [-0.4, -0.2) is 22.6 Å². The van der Waals surface area contributed by atoms with Crippen molar-refractivity contribution in [1.82, 2.24) is 15.5 Å². The minimum Gasteiger partial charge on any atom is -0.360 e. The third-order valence-corrected chi connectivity index (χ3v) is 3.48. The lowest BCUT2D eigenvalue weighted by Crippen LogP contribution is -2.32. The normalized spacial score (nSPS) is 11.9. The average Bonchev–Trinajstić information content (AvgIpc) is 3.02. The van der Waals surface area contributed by atoms with E-state index in [4.69, 9.17) is 4.52 Å². The largest absolute Gasteiger partial charge is 0.360 e. The summed E-state index contributed by atoms with van der Waals surface area (Å²) < 4.78 is 4.93. The number of hydrogen-bond acceptors (Lipinski definition) is 5. The number of hydrogen-bond donors (Lipinski definition) is 2. The molecule has 0 saturated heterocycles. The molecule has 1 amide bonds. The van der Waals surface area contributed by atoms with Gasteiger partial charge in [0.1, 0.15) is 5.76 Å². The molecule has 2 aromatic heterocycles. The van der Waals surface area contributed by atoms with Crippen molar-refractivity contribution in [3.8, 4) is 0 Å². The number of nitrogens with zero attached hydrogens (tertiary/aromatic N) is 2. The number of aryl methyl sites for hydroxylation is 1. The molecule has 0 unspecified atom stereocenters. The highest BCUT2D eigenvalue weighted by molar-refractivity contribution is 5.91. The van der Waals surface area contributed by atoms with Crippen molar-refractivity contribution in [2.24, 2.45) is 0 Å². The van der Waals surface area contributed by atoms with Crippen molar-refractivity contribution in [2.45, 2.75) is 13.0 Å². The predicted molar refractivity (Wildman–Crippen MR) is 90.4 cm³/mol. The minimum absolute atomic E-state index is 0.127. The zero-order chi connectivity index (χ0) is 16.8. The van der Waals surface area contributed by atoms with E-state index in [-0.39, 0.29) is 18.5 Å². The van der Waals surface area contributed by atoms with Crippen molar-refractivity contribution >= 4 is 11.7 Å². The molecule has 0 aliphatic heterocycles.